The van der Waals surface area contributed by atoms with Crippen LogP contribution < -0.4 is 0 Å². The van der Waals surface area contributed by atoms with Gasteiger partial charge in [-0.2, -0.15) is 13.2 Å². The predicted molar refractivity (Wildman–Crippen MR) is 67.1 cm³/mol. The Balaban J connectivity index is 2.47. The fourth-order valence-electron chi connectivity index (χ4n) is 1.95. The van der Waals surface area contributed by atoms with Crippen LogP contribution in [0.25, 0.3) is 21.7 Å². The van der Waals surface area contributed by atoms with Crippen LogP contribution in [0, 0.1) is 0 Å². The summed E-state index contributed by atoms with van der Waals surface area (Å²) in [5.41, 5.74) is 0.213. The highest BCUT2D eigenvalue weighted by Crippen LogP contribution is 2.32. The monoisotopic (exact) mass is 282 g/mol. The lowest BCUT2D eigenvalue weighted by Crippen LogP contribution is -2.11. The average molecular weight is 283 g/mol. The molecule has 1 aromatic heterocycles. The van der Waals surface area contributed by atoms with Gasteiger partial charge >= 0.3 is 6.18 Å². The molecule has 1 heterocycles. The van der Waals surface area contributed by atoms with Crippen LogP contribution in [-0.2, 0) is 6.18 Å². The van der Waals surface area contributed by atoms with E-state index in [4.69, 9.17) is 11.6 Å². The van der Waals surface area contributed by atoms with Crippen molar-refractivity contribution in [3.8, 4) is 0 Å². The van der Waals surface area contributed by atoms with Gasteiger partial charge in [0.15, 0.2) is 0 Å². The van der Waals surface area contributed by atoms with Crippen LogP contribution in [0.5, 0.6) is 0 Å². The molecule has 0 aliphatic heterocycles. The highest BCUT2D eigenvalue weighted by molar-refractivity contribution is 6.34. The van der Waals surface area contributed by atoms with Gasteiger partial charge in [0.05, 0.1) is 5.52 Å². The first-order valence-electron chi connectivity index (χ1n) is 5.39. The minimum absolute atomic E-state index is 0.192. The van der Waals surface area contributed by atoms with E-state index in [9.17, 15) is 13.2 Å². The number of halogens is 4. The van der Waals surface area contributed by atoms with Gasteiger partial charge in [0, 0.05) is 10.8 Å². The lowest BCUT2D eigenvalue weighted by Gasteiger charge is -2.09. The number of nitrogens with zero attached hydrogens (tertiary/aromatic N) is 2. The van der Waals surface area contributed by atoms with Crippen molar-refractivity contribution in [1.82, 2.24) is 9.97 Å². The highest BCUT2D eigenvalue weighted by Gasteiger charge is 2.35. The van der Waals surface area contributed by atoms with Gasteiger partial charge in [0.2, 0.25) is 5.82 Å². The minimum atomic E-state index is -4.62. The Morgan fingerprint density at radius 2 is 1.63 bits per heavy atom. The van der Waals surface area contributed by atoms with Crippen molar-refractivity contribution in [1.29, 1.82) is 0 Å². The maximum atomic E-state index is 12.7. The molecule has 0 fully saturated rings. The number of rotatable bonds is 0. The molecule has 0 atom stereocenters. The third-order valence-electron chi connectivity index (χ3n) is 2.80. The van der Waals surface area contributed by atoms with Crippen LogP contribution in [0.4, 0.5) is 13.2 Å². The quantitative estimate of drug-likeness (QED) is 0.449. The van der Waals surface area contributed by atoms with E-state index in [1.165, 1.54) is 0 Å². The molecule has 96 valence electrons. The number of fused-ring (bicyclic) bond motifs is 3. The fourth-order valence-corrected chi connectivity index (χ4v) is 2.19. The van der Waals surface area contributed by atoms with Gasteiger partial charge < -0.3 is 0 Å². The summed E-state index contributed by atoms with van der Waals surface area (Å²) in [4.78, 5) is 6.92. The molecular formula is C13H6ClF3N2. The summed E-state index contributed by atoms with van der Waals surface area (Å²) in [6, 6.07) is 10.5. The van der Waals surface area contributed by atoms with E-state index >= 15 is 0 Å². The maximum absolute atomic E-state index is 12.7. The number of hydrogen-bond donors (Lipinski definition) is 0. The van der Waals surface area contributed by atoms with Crippen molar-refractivity contribution in [2.45, 2.75) is 6.18 Å². The minimum Gasteiger partial charge on any atom is -0.224 e. The molecule has 0 saturated heterocycles. The number of alkyl halides is 3. The van der Waals surface area contributed by atoms with Gasteiger partial charge in [-0.1, -0.05) is 41.9 Å². The van der Waals surface area contributed by atoms with E-state index in [0.717, 1.165) is 5.39 Å². The lowest BCUT2D eigenvalue weighted by molar-refractivity contribution is -0.144. The topological polar surface area (TPSA) is 25.8 Å². The highest BCUT2D eigenvalue weighted by atomic mass is 35.5. The predicted octanol–water partition coefficient (Wildman–Crippen LogP) is 4.46. The van der Waals surface area contributed by atoms with E-state index in [1.54, 1.807) is 30.3 Å². The van der Waals surface area contributed by atoms with Crippen molar-refractivity contribution in [2.75, 3.05) is 0 Å². The molecular weight excluding hydrogens is 277 g/mol. The van der Waals surface area contributed by atoms with Crippen molar-refractivity contribution < 1.29 is 13.2 Å². The third kappa shape index (κ3) is 2.00. The fraction of sp³-hybridized carbons (Fsp3) is 0.0769. The second-order valence-corrected chi connectivity index (χ2v) is 4.38. The Kier molecular flexibility index (Phi) is 2.60. The molecule has 0 radical (unpaired) electrons. The molecule has 3 aromatic rings. The van der Waals surface area contributed by atoms with E-state index in [0.29, 0.717) is 10.8 Å². The van der Waals surface area contributed by atoms with E-state index in [1.807, 2.05) is 6.07 Å². The Morgan fingerprint density at radius 1 is 0.895 bits per heavy atom. The molecule has 0 aliphatic carbocycles. The number of benzene rings is 2. The lowest BCUT2D eigenvalue weighted by atomic mass is 10.1. The van der Waals surface area contributed by atoms with Gasteiger partial charge in [-0.25, -0.2) is 9.97 Å². The summed E-state index contributed by atoms with van der Waals surface area (Å²) < 4.78 is 38.1. The van der Waals surface area contributed by atoms with E-state index in [2.05, 4.69) is 9.97 Å². The van der Waals surface area contributed by atoms with Crippen molar-refractivity contribution >= 4 is 33.3 Å². The molecule has 0 saturated carbocycles. The van der Waals surface area contributed by atoms with Gasteiger partial charge in [0.25, 0.3) is 0 Å². The molecule has 2 aromatic carbocycles. The van der Waals surface area contributed by atoms with E-state index in [-0.39, 0.29) is 10.7 Å². The first-order chi connectivity index (χ1) is 8.97. The maximum Gasteiger partial charge on any atom is 0.451 e. The van der Waals surface area contributed by atoms with Gasteiger partial charge in [-0.15, -0.1) is 0 Å². The van der Waals surface area contributed by atoms with Crippen molar-refractivity contribution in [3.63, 3.8) is 0 Å². The van der Waals surface area contributed by atoms with Crippen LogP contribution in [-0.4, -0.2) is 9.97 Å². The molecule has 0 spiro atoms. The number of aromatic nitrogens is 2. The Bertz CT molecular complexity index is 784. The van der Waals surface area contributed by atoms with E-state index < -0.39 is 12.0 Å². The molecule has 6 heteroatoms. The van der Waals surface area contributed by atoms with Crippen LogP contribution in [0.2, 0.25) is 5.15 Å². The van der Waals surface area contributed by atoms with Gasteiger partial charge in [0.1, 0.15) is 5.15 Å². The molecule has 19 heavy (non-hydrogen) atoms. The smallest absolute Gasteiger partial charge is 0.224 e. The zero-order valence-corrected chi connectivity index (χ0v) is 10.1. The van der Waals surface area contributed by atoms with Gasteiger partial charge in [-0.05, 0) is 11.5 Å². The second kappa shape index (κ2) is 4.06. The van der Waals surface area contributed by atoms with Crippen LogP contribution >= 0.6 is 11.6 Å². The third-order valence-corrected chi connectivity index (χ3v) is 3.09. The number of hydrogen-bond acceptors (Lipinski definition) is 2. The first-order valence-corrected chi connectivity index (χ1v) is 5.77. The van der Waals surface area contributed by atoms with Crippen LogP contribution in [0.1, 0.15) is 5.82 Å². The zero-order valence-electron chi connectivity index (χ0n) is 9.37. The largest absolute Gasteiger partial charge is 0.451 e. The summed E-state index contributed by atoms with van der Waals surface area (Å²) in [6.45, 7) is 0. The molecule has 0 unspecified atom stereocenters. The molecule has 0 N–H and O–H groups in total. The summed E-state index contributed by atoms with van der Waals surface area (Å²) in [5.74, 6) is -1.22. The van der Waals surface area contributed by atoms with Crippen molar-refractivity contribution in [3.05, 3.63) is 47.4 Å². The Hall–Kier alpha value is -1.88. The average Bonchev–Trinajstić information content (AvgIpc) is 2.37. The Labute approximate surface area is 110 Å². The second-order valence-electron chi connectivity index (χ2n) is 4.02. The van der Waals surface area contributed by atoms with Gasteiger partial charge in [-0.3, -0.25) is 0 Å². The summed E-state index contributed by atoms with van der Waals surface area (Å²) in [7, 11) is 0. The van der Waals surface area contributed by atoms with Crippen LogP contribution in [0.15, 0.2) is 36.4 Å². The molecule has 0 aliphatic rings. The molecule has 0 amide bonds. The zero-order chi connectivity index (χ0) is 13.6. The first kappa shape index (κ1) is 12.2. The van der Waals surface area contributed by atoms with Crippen LogP contribution in [0.3, 0.4) is 0 Å². The Morgan fingerprint density at radius 3 is 2.37 bits per heavy atom. The summed E-state index contributed by atoms with van der Waals surface area (Å²) in [6.07, 6.45) is -4.62. The molecule has 0 bridgehead atoms. The standard InChI is InChI=1S/C13H6ClF3N2/c14-11-9-6-5-7-3-1-2-4-8(7)10(9)18-12(19-11)13(15,16)17/h1-6H. The summed E-state index contributed by atoms with van der Waals surface area (Å²) in [5, 5.41) is 1.64. The summed E-state index contributed by atoms with van der Waals surface area (Å²) >= 11 is 5.82. The molecule has 3 rings (SSSR count). The normalized spacial score (nSPS) is 12.2. The molecule has 2 nitrogen and oxygen atoms in total. The van der Waals surface area contributed by atoms with Crippen molar-refractivity contribution in [2.24, 2.45) is 0 Å². The SMILES string of the molecule is FC(F)(F)c1nc(Cl)c2ccc3ccccc3c2n1.